The van der Waals surface area contributed by atoms with Crippen molar-refractivity contribution in [1.82, 2.24) is 10.2 Å². The van der Waals surface area contributed by atoms with Crippen LogP contribution in [-0.2, 0) is 4.79 Å². The fraction of sp³-hybridized carbons (Fsp3) is 0.500. The average molecular weight is 333 g/mol. The van der Waals surface area contributed by atoms with E-state index in [0.29, 0.717) is 12.6 Å². The molecule has 2 bridgehead atoms. The lowest BCUT2D eigenvalue weighted by Gasteiger charge is -2.29. The van der Waals surface area contributed by atoms with Crippen molar-refractivity contribution in [2.24, 2.45) is 5.92 Å². The second kappa shape index (κ2) is 6.17. The van der Waals surface area contributed by atoms with Crippen LogP contribution >= 0.6 is 11.6 Å². The molecule has 1 aromatic rings. The lowest BCUT2D eigenvalue weighted by Crippen LogP contribution is -2.40. The van der Waals surface area contributed by atoms with Gasteiger partial charge in [0.05, 0.1) is 5.92 Å². The number of amides is 1. The minimum absolute atomic E-state index is 0.134. The van der Waals surface area contributed by atoms with E-state index in [9.17, 15) is 4.79 Å². The van der Waals surface area contributed by atoms with Crippen molar-refractivity contribution in [3.8, 4) is 5.75 Å². The van der Waals surface area contributed by atoms with Gasteiger partial charge in [-0.15, -0.1) is 0 Å². The van der Waals surface area contributed by atoms with E-state index in [0.717, 1.165) is 55.2 Å². The molecule has 0 radical (unpaired) electrons. The second-order valence-electron chi connectivity index (χ2n) is 6.80. The highest BCUT2D eigenvalue weighted by atomic mass is 35.5. The van der Waals surface area contributed by atoms with E-state index >= 15 is 0 Å². The molecule has 1 N–H and O–H groups in total. The van der Waals surface area contributed by atoms with Crippen LogP contribution < -0.4 is 10.1 Å². The number of halogens is 1. The Bertz CT molecular complexity index is 658. The Hall–Kier alpha value is -1.52. The summed E-state index contributed by atoms with van der Waals surface area (Å²) in [5.74, 6) is 1.26. The highest BCUT2D eigenvalue weighted by Crippen LogP contribution is 2.30. The summed E-state index contributed by atoms with van der Waals surface area (Å²) >= 11 is 6.08. The largest absolute Gasteiger partial charge is 0.489 e. The van der Waals surface area contributed by atoms with Gasteiger partial charge in [-0.3, -0.25) is 9.69 Å². The first-order valence-corrected chi connectivity index (χ1v) is 8.70. The highest BCUT2D eigenvalue weighted by Gasteiger charge is 2.32. The van der Waals surface area contributed by atoms with Crippen molar-refractivity contribution < 1.29 is 9.53 Å². The summed E-state index contributed by atoms with van der Waals surface area (Å²) in [6, 6.07) is 6.01. The zero-order chi connectivity index (χ0) is 15.8. The van der Waals surface area contributed by atoms with E-state index in [1.165, 1.54) is 5.57 Å². The van der Waals surface area contributed by atoms with E-state index in [4.69, 9.17) is 16.3 Å². The number of nitrogens with zero attached hydrogens (tertiary/aromatic N) is 1. The summed E-state index contributed by atoms with van der Waals surface area (Å²) in [5.41, 5.74) is 2.29. The van der Waals surface area contributed by atoms with Crippen LogP contribution in [0.2, 0.25) is 5.02 Å². The molecule has 0 unspecified atom stereocenters. The molecule has 3 heterocycles. The monoisotopic (exact) mass is 332 g/mol. The molecule has 1 aromatic carbocycles. The number of carbonyl (C=O) groups excluding carboxylic acids is 1. The summed E-state index contributed by atoms with van der Waals surface area (Å²) in [4.78, 5) is 14.5. The van der Waals surface area contributed by atoms with Crippen LogP contribution in [-0.4, -0.2) is 43.1 Å². The lowest BCUT2D eigenvalue weighted by molar-refractivity contribution is -0.124. The predicted molar refractivity (Wildman–Crippen MR) is 90.6 cm³/mol. The van der Waals surface area contributed by atoms with Crippen molar-refractivity contribution in [2.45, 2.75) is 25.3 Å². The molecule has 2 atom stereocenters. The van der Waals surface area contributed by atoms with Crippen LogP contribution in [0.15, 0.2) is 23.8 Å². The van der Waals surface area contributed by atoms with Gasteiger partial charge in [-0.1, -0.05) is 18.0 Å². The van der Waals surface area contributed by atoms with Gasteiger partial charge in [0.2, 0.25) is 5.91 Å². The van der Waals surface area contributed by atoms with Gasteiger partial charge in [0.1, 0.15) is 12.4 Å². The van der Waals surface area contributed by atoms with Crippen LogP contribution in [0, 0.1) is 5.92 Å². The molecule has 5 heteroatoms. The van der Waals surface area contributed by atoms with Crippen molar-refractivity contribution in [3.05, 3.63) is 34.4 Å². The average Bonchev–Trinajstić information content (AvgIpc) is 2.75. The Morgan fingerprint density at radius 1 is 1.30 bits per heavy atom. The standard InChI is InChI=1S/C18H21ClN2O2/c19-15-4-5-17-14(7-15)6-12(11-23-17)8-21-9-13-2-1-3-16(10-21)20-18(13)22/h4-7,13,16H,1-3,8-11H2,(H,20,22)/t13-,16+/m1/s1. The van der Waals surface area contributed by atoms with Crippen molar-refractivity contribution >= 4 is 23.6 Å². The van der Waals surface area contributed by atoms with Gasteiger partial charge in [-0.05, 0) is 42.7 Å². The zero-order valence-corrected chi connectivity index (χ0v) is 13.8. The summed E-state index contributed by atoms with van der Waals surface area (Å²) in [7, 11) is 0. The predicted octanol–water partition coefficient (Wildman–Crippen LogP) is 2.72. The summed E-state index contributed by atoms with van der Waals surface area (Å²) < 4.78 is 5.84. The minimum atomic E-state index is 0.134. The minimum Gasteiger partial charge on any atom is -0.489 e. The van der Waals surface area contributed by atoms with E-state index in [1.54, 1.807) is 0 Å². The maximum atomic E-state index is 12.1. The normalized spacial score (nSPS) is 27.3. The number of hydrogen-bond donors (Lipinski definition) is 1. The number of nitrogens with one attached hydrogen (secondary N) is 1. The molecule has 3 aliphatic heterocycles. The Labute approximate surface area is 141 Å². The maximum absolute atomic E-state index is 12.1. The summed E-state index contributed by atoms with van der Waals surface area (Å²) in [5, 5.41) is 3.91. The number of carbonyl (C=O) groups is 1. The van der Waals surface area contributed by atoms with Gasteiger partial charge in [-0.2, -0.15) is 0 Å². The zero-order valence-electron chi connectivity index (χ0n) is 13.1. The molecule has 2 fully saturated rings. The van der Waals surface area contributed by atoms with Gasteiger partial charge >= 0.3 is 0 Å². The number of benzene rings is 1. The Morgan fingerprint density at radius 3 is 3.13 bits per heavy atom. The Balaban J connectivity index is 1.51. The third-order valence-electron chi connectivity index (χ3n) is 4.95. The molecule has 1 amide bonds. The molecule has 0 aliphatic carbocycles. The number of rotatable bonds is 2. The summed E-state index contributed by atoms with van der Waals surface area (Å²) in [6.45, 7) is 3.25. The fourth-order valence-corrected chi connectivity index (χ4v) is 4.03. The fourth-order valence-electron chi connectivity index (χ4n) is 3.85. The Kier molecular flexibility index (Phi) is 4.04. The van der Waals surface area contributed by atoms with Gasteiger partial charge < -0.3 is 10.1 Å². The lowest BCUT2D eigenvalue weighted by atomic mass is 9.98. The molecule has 2 saturated heterocycles. The van der Waals surface area contributed by atoms with Crippen LogP contribution in [0.25, 0.3) is 6.08 Å². The number of hydrogen-bond acceptors (Lipinski definition) is 3. The molecule has 23 heavy (non-hydrogen) atoms. The summed E-state index contributed by atoms with van der Waals surface area (Å²) in [6.07, 6.45) is 5.43. The van der Waals surface area contributed by atoms with E-state index in [-0.39, 0.29) is 11.8 Å². The molecule has 0 spiro atoms. The topological polar surface area (TPSA) is 41.6 Å². The molecular weight excluding hydrogens is 312 g/mol. The van der Waals surface area contributed by atoms with E-state index < -0.39 is 0 Å². The van der Waals surface area contributed by atoms with Crippen molar-refractivity contribution in [1.29, 1.82) is 0 Å². The van der Waals surface area contributed by atoms with Gasteiger partial charge in [0, 0.05) is 36.3 Å². The molecule has 4 rings (SSSR count). The van der Waals surface area contributed by atoms with Crippen LogP contribution in [0.5, 0.6) is 5.75 Å². The van der Waals surface area contributed by atoms with E-state index in [1.807, 2.05) is 18.2 Å². The van der Waals surface area contributed by atoms with Crippen molar-refractivity contribution in [2.75, 3.05) is 26.2 Å². The molecular formula is C18H21ClN2O2. The number of ether oxygens (including phenoxy) is 1. The first kappa shape index (κ1) is 15.0. The number of likely N-dealkylation sites (tertiary alicyclic amines) is 1. The third-order valence-corrected chi connectivity index (χ3v) is 5.19. The quantitative estimate of drug-likeness (QED) is 0.905. The molecule has 0 saturated carbocycles. The molecule has 4 nitrogen and oxygen atoms in total. The van der Waals surface area contributed by atoms with Crippen LogP contribution in [0.4, 0.5) is 0 Å². The molecule has 122 valence electrons. The van der Waals surface area contributed by atoms with Crippen LogP contribution in [0.3, 0.4) is 0 Å². The number of fused-ring (bicyclic) bond motifs is 4. The van der Waals surface area contributed by atoms with Gasteiger partial charge in [0.25, 0.3) is 0 Å². The smallest absolute Gasteiger partial charge is 0.224 e. The first-order valence-electron chi connectivity index (χ1n) is 8.32. The first-order chi connectivity index (χ1) is 11.2. The second-order valence-corrected chi connectivity index (χ2v) is 7.24. The molecule has 3 aliphatic rings. The van der Waals surface area contributed by atoms with Crippen LogP contribution in [0.1, 0.15) is 24.8 Å². The van der Waals surface area contributed by atoms with Gasteiger partial charge in [-0.25, -0.2) is 0 Å². The van der Waals surface area contributed by atoms with E-state index in [2.05, 4.69) is 16.3 Å². The SMILES string of the molecule is O=C1N[C@H]2CCC[C@@H]1CN(CC1=Cc3cc(Cl)ccc3OC1)C2. The maximum Gasteiger partial charge on any atom is 0.224 e. The van der Waals surface area contributed by atoms with Crippen molar-refractivity contribution in [3.63, 3.8) is 0 Å². The third kappa shape index (κ3) is 3.24. The molecule has 0 aromatic heterocycles. The highest BCUT2D eigenvalue weighted by molar-refractivity contribution is 6.30. The Morgan fingerprint density at radius 2 is 2.22 bits per heavy atom. The van der Waals surface area contributed by atoms with Gasteiger partial charge in [0.15, 0.2) is 0 Å².